The van der Waals surface area contributed by atoms with Gasteiger partial charge in [0.15, 0.2) is 0 Å². The highest BCUT2D eigenvalue weighted by Gasteiger charge is 2.20. The fraction of sp³-hybridized carbons (Fsp3) is 0.400. The van der Waals surface area contributed by atoms with Gasteiger partial charge < -0.3 is 9.47 Å². The van der Waals surface area contributed by atoms with E-state index in [0.29, 0.717) is 30.2 Å². The Balaban J connectivity index is 2.25. The Hall–Kier alpha value is -1.78. The van der Waals surface area contributed by atoms with Crippen LogP contribution >= 0.6 is 0 Å². The molecule has 5 nitrogen and oxygen atoms in total. The minimum Gasteiger partial charge on any atom is -0.500 e. The third-order valence-electron chi connectivity index (χ3n) is 2.29. The van der Waals surface area contributed by atoms with Crippen molar-refractivity contribution in [2.24, 2.45) is 7.05 Å². The van der Waals surface area contributed by atoms with Crippen LogP contribution in [0.25, 0.3) is 0 Å². The normalized spacial score (nSPS) is 14.7. The number of carbonyl (C=O) groups excluding carboxylic acids is 1. The number of rotatable bonds is 3. The van der Waals surface area contributed by atoms with Crippen molar-refractivity contribution in [1.82, 2.24) is 9.78 Å². The zero-order valence-corrected chi connectivity index (χ0v) is 8.69. The van der Waals surface area contributed by atoms with E-state index in [-0.39, 0.29) is 5.78 Å². The first-order valence-electron chi connectivity index (χ1n) is 4.65. The fourth-order valence-corrected chi connectivity index (χ4v) is 1.47. The highest BCUT2D eigenvalue weighted by molar-refractivity contribution is 6.07. The van der Waals surface area contributed by atoms with Gasteiger partial charge in [0, 0.05) is 25.1 Å². The van der Waals surface area contributed by atoms with E-state index in [0.717, 1.165) is 0 Å². The van der Waals surface area contributed by atoms with E-state index in [9.17, 15) is 4.79 Å². The van der Waals surface area contributed by atoms with E-state index < -0.39 is 0 Å². The summed E-state index contributed by atoms with van der Waals surface area (Å²) in [5.41, 5.74) is 1.06. The van der Waals surface area contributed by atoms with Gasteiger partial charge in [-0.1, -0.05) is 0 Å². The Bertz CT molecular complexity index is 420. The number of nitrogens with zero attached hydrogens (tertiary/aromatic N) is 2. The summed E-state index contributed by atoms with van der Waals surface area (Å²) in [5.74, 6) is 0.476. The number of ketones is 1. The molecule has 2 rings (SSSR count). The minimum atomic E-state index is -0.0913. The van der Waals surface area contributed by atoms with E-state index in [1.54, 1.807) is 20.2 Å². The molecule has 80 valence electrons. The van der Waals surface area contributed by atoms with Crippen molar-refractivity contribution >= 4 is 5.78 Å². The molecule has 15 heavy (non-hydrogen) atoms. The van der Waals surface area contributed by atoms with Crippen molar-refractivity contribution < 1.29 is 14.3 Å². The van der Waals surface area contributed by atoms with Crippen molar-refractivity contribution in [2.45, 2.75) is 6.42 Å². The minimum absolute atomic E-state index is 0.0913. The SMILES string of the molecule is COc1cc(C(=O)C2=COCC2)nn1C. The molecule has 0 aliphatic carbocycles. The summed E-state index contributed by atoms with van der Waals surface area (Å²) in [6.45, 7) is 0.574. The second-order valence-electron chi connectivity index (χ2n) is 3.29. The molecule has 0 aromatic carbocycles. The summed E-state index contributed by atoms with van der Waals surface area (Å²) in [6, 6.07) is 1.63. The van der Waals surface area contributed by atoms with E-state index in [4.69, 9.17) is 9.47 Å². The average molecular weight is 208 g/mol. The summed E-state index contributed by atoms with van der Waals surface area (Å²) < 4.78 is 11.6. The number of hydrogen-bond donors (Lipinski definition) is 0. The Morgan fingerprint density at radius 3 is 3.00 bits per heavy atom. The van der Waals surface area contributed by atoms with Gasteiger partial charge in [-0.15, -0.1) is 0 Å². The maximum Gasteiger partial charge on any atom is 0.212 e. The van der Waals surface area contributed by atoms with Gasteiger partial charge in [-0.3, -0.25) is 4.79 Å². The third kappa shape index (κ3) is 1.72. The summed E-state index contributed by atoms with van der Waals surface area (Å²) in [4.78, 5) is 11.8. The zero-order valence-electron chi connectivity index (χ0n) is 8.69. The topological polar surface area (TPSA) is 53.4 Å². The van der Waals surface area contributed by atoms with Gasteiger partial charge in [-0.05, 0) is 0 Å². The second-order valence-corrected chi connectivity index (χ2v) is 3.29. The number of carbonyl (C=O) groups is 1. The molecule has 1 aliphatic rings. The molecule has 1 aromatic rings. The molecule has 1 aliphatic heterocycles. The predicted molar refractivity (Wildman–Crippen MR) is 52.7 cm³/mol. The highest BCUT2D eigenvalue weighted by atomic mass is 16.5. The molecule has 5 heteroatoms. The lowest BCUT2D eigenvalue weighted by atomic mass is 10.1. The molecule has 0 bridgehead atoms. The first kappa shape index (κ1) is 9.76. The van der Waals surface area contributed by atoms with Crippen LogP contribution in [-0.2, 0) is 11.8 Å². The number of hydrogen-bond acceptors (Lipinski definition) is 4. The van der Waals surface area contributed by atoms with Crippen LogP contribution in [0.3, 0.4) is 0 Å². The molecule has 0 fully saturated rings. The van der Waals surface area contributed by atoms with E-state index in [1.165, 1.54) is 10.9 Å². The second kappa shape index (κ2) is 3.76. The van der Waals surface area contributed by atoms with Gasteiger partial charge in [0.25, 0.3) is 0 Å². The van der Waals surface area contributed by atoms with Gasteiger partial charge in [-0.25, -0.2) is 4.68 Å². The fourth-order valence-electron chi connectivity index (χ4n) is 1.47. The summed E-state index contributed by atoms with van der Waals surface area (Å²) in [6.07, 6.45) is 2.15. The largest absolute Gasteiger partial charge is 0.500 e. The Labute approximate surface area is 87.3 Å². The van der Waals surface area contributed by atoms with Gasteiger partial charge in [0.2, 0.25) is 11.7 Å². The molecule has 0 spiro atoms. The number of aromatic nitrogens is 2. The standard InChI is InChI=1S/C10H12N2O3/c1-12-9(14-2)5-8(11-12)10(13)7-3-4-15-6-7/h5-6H,3-4H2,1-2H3. The molecule has 0 saturated carbocycles. The maximum atomic E-state index is 11.8. The van der Waals surface area contributed by atoms with Gasteiger partial charge in [0.1, 0.15) is 5.69 Å². The highest BCUT2D eigenvalue weighted by Crippen LogP contribution is 2.18. The summed E-state index contributed by atoms with van der Waals surface area (Å²) in [5, 5.41) is 4.07. The van der Waals surface area contributed by atoms with E-state index in [2.05, 4.69) is 5.10 Å². The molecule has 0 saturated heterocycles. The monoisotopic (exact) mass is 208 g/mol. The zero-order chi connectivity index (χ0) is 10.8. The van der Waals surface area contributed by atoms with Crippen LogP contribution in [0.1, 0.15) is 16.9 Å². The van der Waals surface area contributed by atoms with Crippen LogP contribution in [0, 0.1) is 0 Å². The van der Waals surface area contributed by atoms with Crippen molar-refractivity contribution in [3.8, 4) is 5.88 Å². The van der Waals surface area contributed by atoms with Gasteiger partial charge in [0.05, 0.1) is 20.0 Å². The van der Waals surface area contributed by atoms with E-state index in [1.807, 2.05) is 0 Å². The molecular weight excluding hydrogens is 196 g/mol. The average Bonchev–Trinajstić information content (AvgIpc) is 2.85. The van der Waals surface area contributed by atoms with Crippen LogP contribution in [-0.4, -0.2) is 29.3 Å². The lowest BCUT2D eigenvalue weighted by molar-refractivity contribution is 0.102. The molecule has 2 heterocycles. The number of methoxy groups -OCH3 is 1. The molecule has 0 atom stereocenters. The summed E-state index contributed by atoms with van der Waals surface area (Å²) in [7, 11) is 3.28. The molecule has 0 radical (unpaired) electrons. The lowest BCUT2D eigenvalue weighted by Crippen LogP contribution is -2.04. The Morgan fingerprint density at radius 2 is 2.47 bits per heavy atom. The molecule has 0 amide bonds. The van der Waals surface area contributed by atoms with E-state index >= 15 is 0 Å². The first-order chi connectivity index (χ1) is 7.22. The van der Waals surface area contributed by atoms with Crippen molar-refractivity contribution in [2.75, 3.05) is 13.7 Å². The molecule has 0 unspecified atom stereocenters. The van der Waals surface area contributed by atoms with Crippen molar-refractivity contribution in [1.29, 1.82) is 0 Å². The van der Waals surface area contributed by atoms with Crippen LogP contribution < -0.4 is 4.74 Å². The lowest BCUT2D eigenvalue weighted by Gasteiger charge is -1.95. The number of aryl methyl sites for hydroxylation is 1. The Morgan fingerprint density at radius 1 is 1.67 bits per heavy atom. The summed E-state index contributed by atoms with van der Waals surface area (Å²) >= 11 is 0. The number of ether oxygens (including phenoxy) is 2. The molecular formula is C10H12N2O3. The molecule has 1 aromatic heterocycles. The van der Waals surface area contributed by atoms with Crippen LogP contribution in [0.15, 0.2) is 17.9 Å². The quantitative estimate of drug-likeness (QED) is 0.693. The number of Topliss-reactive ketones (excluding diaryl/α,β-unsaturated/α-hetero) is 1. The van der Waals surface area contributed by atoms with Crippen LogP contribution in [0.2, 0.25) is 0 Å². The van der Waals surface area contributed by atoms with Crippen molar-refractivity contribution in [3.63, 3.8) is 0 Å². The van der Waals surface area contributed by atoms with Crippen LogP contribution in [0.5, 0.6) is 5.88 Å². The smallest absolute Gasteiger partial charge is 0.212 e. The van der Waals surface area contributed by atoms with Gasteiger partial charge >= 0.3 is 0 Å². The first-order valence-corrected chi connectivity index (χ1v) is 4.65. The maximum absolute atomic E-state index is 11.8. The predicted octanol–water partition coefficient (Wildman–Crippen LogP) is 0.916. The van der Waals surface area contributed by atoms with Crippen LogP contribution in [0.4, 0.5) is 0 Å². The Kier molecular flexibility index (Phi) is 2.45. The third-order valence-corrected chi connectivity index (χ3v) is 2.29. The van der Waals surface area contributed by atoms with Gasteiger partial charge in [-0.2, -0.15) is 5.10 Å². The molecule has 0 N–H and O–H groups in total. The van der Waals surface area contributed by atoms with Crippen molar-refractivity contribution in [3.05, 3.63) is 23.6 Å².